The summed E-state index contributed by atoms with van der Waals surface area (Å²) in [5.74, 6) is 5.41. The van der Waals surface area contributed by atoms with Gasteiger partial charge in [-0.3, -0.25) is 0 Å². The van der Waals surface area contributed by atoms with Crippen molar-refractivity contribution in [3.63, 3.8) is 0 Å². The van der Waals surface area contributed by atoms with E-state index < -0.39 is 0 Å². The molecule has 0 radical (unpaired) electrons. The lowest BCUT2D eigenvalue weighted by atomic mass is 9.55. The first-order valence-electron chi connectivity index (χ1n) is 13.3. The van der Waals surface area contributed by atoms with Gasteiger partial charge in [0.15, 0.2) is 0 Å². The van der Waals surface area contributed by atoms with Gasteiger partial charge >= 0.3 is 0 Å². The Balaban J connectivity index is 1.72. The maximum Gasteiger partial charge on any atom is 0.0543 e. The van der Waals surface area contributed by atoms with E-state index in [4.69, 9.17) is 0 Å². The standard InChI is InChI=1S/C29H50O/c1-7-23(20(2)3)13-11-21(4)27-10-8-9-24-14-15-25-19-26(30)17-18-29(25,6)28(24)16-12-22(27)5/h8-9,16,20-27,30H,7,10-15,17-19H2,1-6H3/b9-8+,28-16?/t21-,22+,23-,24-,25+,26-,27-,29+/m1/s1. The van der Waals surface area contributed by atoms with Gasteiger partial charge < -0.3 is 5.11 Å². The van der Waals surface area contributed by atoms with E-state index in [9.17, 15) is 5.11 Å². The molecule has 0 aliphatic heterocycles. The number of allylic oxidation sites excluding steroid dienone is 4. The maximum absolute atomic E-state index is 10.3. The number of rotatable bonds is 6. The van der Waals surface area contributed by atoms with Crippen LogP contribution in [0.4, 0.5) is 0 Å². The quantitative estimate of drug-likeness (QED) is 0.434. The molecule has 0 heterocycles. The molecule has 1 nitrogen and oxygen atoms in total. The van der Waals surface area contributed by atoms with Gasteiger partial charge in [0, 0.05) is 0 Å². The van der Waals surface area contributed by atoms with Crippen molar-refractivity contribution < 1.29 is 5.11 Å². The second-order valence-electron chi connectivity index (χ2n) is 11.9. The third-order valence-corrected chi connectivity index (χ3v) is 9.75. The molecule has 0 saturated heterocycles. The van der Waals surface area contributed by atoms with Crippen LogP contribution in [0.2, 0.25) is 0 Å². The fraction of sp³-hybridized carbons (Fsp3) is 0.862. The molecule has 0 spiro atoms. The highest BCUT2D eigenvalue weighted by atomic mass is 16.3. The topological polar surface area (TPSA) is 20.2 Å². The van der Waals surface area contributed by atoms with Gasteiger partial charge in [0.25, 0.3) is 0 Å². The summed E-state index contributed by atoms with van der Waals surface area (Å²) in [6, 6.07) is 0. The summed E-state index contributed by atoms with van der Waals surface area (Å²) in [4.78, 5) is 0. The van der Waals surface area contributed by atoms with Crippen molar-refractivity contribution in [1.82, 2.24) is 0 Å². The van der Waals surface area contributed by atoms with Gasteiger partial charge in [0.1, 0.15) is 0 Å². The Morgan fingerprint density at radius 1 is 1.10 bits per heavy atom. The summed E-state index contributed by atoms with van der Waals surface area (Å²) in [5.41, 5.74) is 2.05. The normalized spacial score (nSPS) is 40.3. The Labute approximate surface area is 187 Å². The first-order chi connectivity index (χ1) is 14.3. The molecule has 3 rings (SSSR count). The summed E-state index contributed by atoms with van der Waals surface area (Å²) in [7, 11) is 0. The van der Waals surface area contributed by atoms with Gasteiger partial charge in [0.05, 0.1) is 6.10 Å². The summed E-state index contributed by atoms with van der Waals surface area (Å²) < 4.78 is 0. The first-order valence-corrected chi connectivity index (χ1v) is 13.3. The summed E-state index contributed by atoms with van der Waals surface area (Å²) >= 11 is 0. The smallest absolute Gasteiger partial charge is 0.0543 e. The van der Waals surface area contributed by atoms with Crippen LogP contribution in [0.5, 0.6) is 0 Å². The van der Waals surface area contributed by atoms with Crippen LogP contribution in [0.25, 0.3) is 0 Å². The Kier molecular flexibility index (Phi) is 8.33. The lowest BCUT2D eigenvalue weighted by Gasteiger charge is -2.51. The van der Waals surface area contributed by atoms with E-state index in [0.29, 0.717) is 17.3 Å². The molecule has 0 aromatic rings. The van der Waals surface area contributed by atoms with Crippen molar-refractivity contribution in [2.75, 3.05) is 0 Å². The van der Waals surface area contributed by atoms with Gasteiger partial charge in [-0.2, -0.15) is 0 Å². The predicted octanol–water partition coefficient (Wildman–Crippen LogP) is 8.19. The average molecular weight is 415 g/mol. The zero-order chi connectivity index (χ0) is 21.9. The van der Waals surface area contributed by atoms with Crippen LogP contribution in [0.3, 0.4) is 0 Å². The molecule has 8 atom stereocenters. The largest absolute Gasteiger partial charge is 0.393 e. The molecule has 0 aromatic carbocycles. The minimum Gasteiger partial charge on any atom is -0.393 e. The molecule has 3 aliphatic carbocycles. The predicted molar refractivity (Wildman–Crippen MR) is 130 cm³/mol. The van der Waals surface area contributed by atoms with Crippen molar-refractivity contribution in [2.24, 2.45) is 46.8 Å². The molecule has 1 N–H and O–H groups in total. The fourth-order valence-electron chi connectivity index (χ4n) is 7.35. The summed E-state index contributed by atoms with van der Waals surface area (Å²) in [6.07, 6.45) is 20.1. The number of hydrogen-bond acceptors (Lipinski definition) is 1. The molecule has 0 unspecified atom stereocenters. The number of aliphatic hydroxyl groups is 1. The van der Waals surface area contributed by atoms with Crippen LogP contribution in [0.15, 0.2) is 23.8 Å². The maximum atomic E-state index is 10.3. The SMILES string of the molecule is CC[C@H](CC[C@@H](C)[C@H]1C/C=C/[C@@H]2CC[C@H]3C[C@H](O)CC[C@]3(C)C2=CC[C@@H]1C)C(C)C. The van der Waals surface area contributed by atoms with Gasteiger partial charge in [-0.25, -0.2) is 0 Å². The number of hydrogen-bond donors (Lipinski definition) is 1. The van der Waals surface area contributed by atoms with Crippen LogP contribution >= 0.6 is 0 Å². The third-order valence-electron chi connectivity index (χ3n) is 9.75. The Morgan fingerprint density at radius 3 is 2.57 bits per heavy atom. The van der Waals surface area contributed by atoms with E-state index in [1.807, 2.05) is 0 Å². The molecule has 0 aromatic heterocycles. The van der Waals surface area contributed by atoms with Gasteiger partial charge in [0.2, 0.25) is 0 Å². The first kappa shape index (κ1) is 24.1. The Bertz CT molecular complexity index is 601. The Morgan fingerprint density at radius 2 is 1.87 bits per heavy atom. The van der Waals surface area contributed by atoms with E-state index >= 15 is 0 Å². The Hall–Kier alpha value is -0.560. The minimum absolute atomic E-state index is 0.0611. The average Bonchev–Trinajstić information content (AvgIpc) is 2.78. The highest BCUT2D eigenvalue weighted by molar-refractivity contribution is 5.27. The zero-order valence-electron chi connectivity index (χ0n) is 20.9. The van der Waals surface area contributed by atoms with Gasteiger partial charge in [-0.15, -0.1) is 0 Å². The minimum atomic E-state index is -0.0611. The van der Waals surface area contributed by atoms with Crippen molar-refractivity contribution >= 4 is 0 Å². The van der Waals surface area contributed by atoms with Crippen LogP contribution in [-0.2, 0) is 0 Å². The van der Waals surface area contributed by atoms with Crippen LogP contribution < -0.4 is 0 Å². The lowest BCUT2D eigenvalue weighted by Crippen LogP contribution is -2.42. The molecular weight excluding hydrogens is 364 g/mol. The van der Waals surface area contributed by atoms with E-state index in [1.165, 1.54) is 51.4 Å². The molecule has 2 fully saturated rings. The van der Waals surface area contributed by atoms with E-state index in [0.717, 1.165) is 42.4 Å². The monoisotopic (exact) mass is 414 g/mol. The second-order valence-corrected chi connectivity index (χ2v) is 11.9. The molecule has 2 saturated carbocycles. The summed E-state index contributed by atoms with van der Waals surface area (Å²) in [5, 5.41) is 10.3. The molecule has 0 amide bonds. The van der Waals surface area contributed by atoms with E-state index in [1.54, 1.807) is 5.57 Å². The zero-order valence-corrected chi connectivity index (χ0v) is 20.9. The molecule has 0 bridgehead atoms. The third kappa shape index (κ3) is 5.25. The van der Waals surface area contributed by atoms with Crippen LogP contribution in [-0.4, -0.2) is 11.2 Å². The fourth-order valence-corrected chi connectivity index (χ4v) is 7.35. The molecule has 3 aliphatic rings. The highest BCUT2D eigenvalue weighted by Gasteiger charge is 2.46. The van der Waals surface area contributed by atoms with Gasteiger partial charge in [-0.05, 0) is 98.2 Å². The number of aliphatic hydroxyl groups excluding tert-OH is 1. The van der Waals surface area contributed by atoms with Crippen LogP contribution in [0.1, 0.15) is 106 Å². The molecule has 30 heavy (non-hydrogen) atoms. The van der Waals surface area contributed by atoms with E-state index in [2.05, 4.69) is 59.8 Å². The molecular formula is C29H50O. The second kappa shape index (κ2) is 10.4. The number of fused-ring (bicyclic) bond motifs is 3. The van der Waals surface area contributed by atoms with Crippen molar-refractivity contribution in [3.05, 3.63) is 23.8 Å². The van der Waals surface area contributed by atoms with Crippen LogP contribution in [0, 0.1) is 46.8 Å². The van der Waals surface area contributed by atoms with Crippen molar-refractivity contribution in [1.29, 1.82) is 0 Å². The van der Waals surface area contributed by atoms with Gasteiger partial charge in [-0.1, -0.05) is 78.2 Å². The van der Waals surface area contributed by atoms with Crippen molar-refractivity contribution in [2.45, 2.75) is 112 Å². The lowest BCUT2D eigenvalue weighted by molar-refractivity contribution is 0.0158. The van der Waals surface area contributed by atoms with E-state index in [-0.39, 0.29) is 6.10 Å². The summed E-state index contributed by atoms with van der Waals surface area (Å²) in [6.45, 7) is 14.7. The molecule has 172 valence electrons. The van der Waals surface area contributed by atoms with Crippen molar-refractivity contribution in [3.8, 4) is 0 Å². The highest BCUT2D eigenvalue weighted by Crippen LogP contribution is 2.56. The molecule has 1 heteroatoms.